The summed E-state index contributed by atoms with van der Waals surface area (Å²) in [6.45, 7) is 5.44. The summed E-state index contributed by atoms with van der Waals surface area (Å²) >= 11 is 0. The molecule has 2 atom stereocenters. The van der Waals surface area contributed by atoms with Gasteiger partial charge in [-0.05, 0) is 57.7 Å². The van der Waals surface area contributed by atoms with Gasteiger partial charge in [0.15, 0.2) is 11.6 Å². The van der Waals surface area contributed by atoms with E-state index in [1.807, 2.05) is 20.8 Å². The molecule has 2 aliphatic rings. The molecule has 27 heavy (non-hydrogen) atoms. The van der Waals surface area contributed by atoms with E-state index in [1.165, 1.54) is 13.2 Å². The molecule has 0 aliphatic carbocycles. The standard InChI is InChI=1S/C20H27F2NO4/c1-19(2,3)27-18(24)23-13-6-5-7-14(23)11-20(25,10-13)12-8-15(21)17(22)16(9-12)26-4/h8-9,13-14,25H,5-7,10-11H2,1-4H3. The summed E-state index contributed by atoms with van der Waals surface area (Å²) in [5, 5.41) is 11.3. The van der Waals surface area contributed by atoms with Crippen LogP contribution in [0, 0.1) is 11.6 Å². The van der Waals surface area contributed by atoms with Crippen LogP contribution in [0.3, 0.4) is 0 Å². The van der Waals surface area contributed by atoms with Crippen molar-refractivity contribution in [1.29, 1.82) is 0 Å². The van der Waals surface area contributed by atoms with Crippen molar-refractivity contribution in [2.24, 2.45) is 0 Å². The van der Waals surface area contributed by atoms with Gasteiger partial charge in [0.25, 0.3) is 0 Å². The monoisotopic (exact) mass is 383 g/mol. The fourth-order valence-electron chi connectivity index (χ4n) is 4.26. The molecular formula is C20H27F2NO4. The number of carbonyl (C=O) groups is 1. The van der Waals surface area contributed by atoms with E-state index in [2.05, 4.69) is 0 Å². The molecule has 2 unspecified atom stereocenters. The van der Waals surface area contributed by atoms with Gasteiger partial charge >= 0.3 is 6.09 Å². The fourth-order valence-corrected chi connectivity index (χ4v) is 4.26. The zero-order valence-corrected chi connectivity index (χ0v) is 16.2. The Morgan fingerprint density at radius 1 is 1.22 bits per heavy atom. The number of fused-ring (bicyclic) bond motifs is 2. The summed E-state index contributed by atoms with van der Waals surface area (Å²) < 4.78 is 38.2. The number of piperidine rings is 2. The minimum atomic E-state index is -1.35. The summed E-state index contributed by atoms with van der Waals surface area (Å²) in [4.78, 5) is 14.4. The molecule has 7 heteroatoms. The highest BCUT2D eigenvalue weighted by molar-refractivity contribution is 5.69. The van der Waals surface area contributed by atoms with Gasteiger partial charge in [-0.15, -0.1) is 0 Å². The van der Waals surface area contributed by atoms with Crippen LogP contribution in [-0.4, -0.2) is 40.9 Å². The summed E-state index contributed by atoms with van der Waals surface area (Å²) in [5.41, 5.74) is -1.68. The highest BCUT2D eigenvalue weighted by atomic mass is 19.2. The third-order valence-electron chi connectivity index (χ3n) is 5.36. The van der Waals surface area contributed by atoms with Crippen LogP contribution >= 0.6 is 0 Å². The van der Waals surface area contributed by atoms with Crippen molar-refractivity contribution in [1.82, 2.24) is 4.90 Å². The Hall–Kier alpha value is -1.89. The smallest absolute Gasteiger partial charge is 0.410 e. The normalized spacial score (nSPS) is 28.0. The van der Waals surface area contributed by atoms with Crippen molar-refractivity contribution in [2.45, 2.75) is 76.2 Å². The van der Waals surface area contributed by atoms with Gasteiger partial charge in [0, 0.05) is 24.9 Å². The number of hydrogen-bond donors (Lipinski definition) is 1. The maximum Gasteiger partial charge on any atom is 0.410 e. The lowest BCUT2D eigenvalue weighted by molar-refractivity contribution is -0.0967. The largest absolute Gasteiger partial charge is 0.494 e. The Kier molecular flexibility index (Phi) is 5.10. The fraction of sp³-hybridized carbons (Fsp3) is 0.650. The van der Waals surface area contributed by atoms with Crippen LogP contribution in [0.1, 0.15) is 58.4 Å². The van der Waals surface area contributed by atoms with E-state index >= 15 is 0 Å². The maximum atomic E-state index is 14.0. The van der Waals surface area contributed by atoms with Gasteiger partial charge in [-0.25, -0.2) is 9.18 Å². The highest BCUT2D eigenvalue weighted by Gasteiger charge is 2.49. The Labute approximate surface area is 158 Å². The van der Waals surface area contributed by atoms with E-state index in [9.17, 15) is 18.7 Å². The lowest BCUT2D eigenvalue weighted by Crippen LogP contribution is -2.59. The van der Waals surface area contributed by atoms with Crippen LogP contribution in [0.2, 0.25) is 0 Å². The highest BCUT2D eigenvalue weighted by Crippen LogP contribution is 2.45. The zero-order valence-electron chi connectivity index (χ0n) is 16.2. The molecule has 1 aromatic rings. The molecule has 2 aliphatic heterocycles. The van der Waals surface area contributed by atoms with Crippen LogP contribution in [0.25, 0.3) is 0 Å². The number of carbonyl (C=O) groups excluding carboxylic acids is 1. The number of ether oxygens (including phenoxy) is 2. The zero-order chi connectivity index (χ0) is 20.0. The Morgan fingerprint density at radius 3 is 2.33 bits per heavy atom. The summed E-state index contributed by atoms with van der Waals surface area (Å²) in [5.74, 6) is -2.37. The summed E-state index contributed by atoms with van der Waals surface area (Å²) in [7, 11) is 1.26. The van der Waals surface area contributed by atoms with Gasteiger partial charge in [-0.1, -0.05) is 0 Å². The molecular weight excluding hydrogens is 356 g/mol. The van der Waals surface area contributed by atoms with Crippen molar-refractivity contribution >= 4 is 6.09 Å². The second kappa shape index (κ2) is 6.93. The third kappa shape index (κ3) is 3.88. The number of hydrogen-bond acceptors (Lipinski definition) is 4. The molecule has 150 valence electrons. The van der Waals surface area contributed by atoms with E-state index in [1.54, 1.807) is 4.90 Å². The molecule has 2 fully saturated rings. The Bertz CT molecular complexity index is 717. The molecule has 2 bridgehead atoms. The van der Waals surface area contributed by atoms with Crippen molar-refractivity contribution in [3.63, 3.8) is 0 Å². The Balaban J connectivity index is 1.90. The van der Waals surface area contributed by atoms with Crippen LogP contribution in [0.4, 0.5) is 13.6 Å². The van der Waals surface area contributed by atoms with E-state index in [-0.39, 0.29) is 42.3 Å². The summed E-state index contributed by atoms with van der Waals surface area (Å²) in [6.07, 6.45) is 2.53. The predicted octanol–water partition coefficient (Wildman–Crippen LogP) is 4.11. The topological polar surface area (TPSA) is 59.0 Å². The molecule has 0 spiro atoms. The number of aliphatic hydroxyl groups is 1. The molecule has 0 radical (unpaired) electrons. The minimum absolute atomic E-state index is 0.212. The first-order valence-corrected chi connectivity index (χ1v) is 9.31. The van der Waals surface area contributed by atoms with Gasteiger partial charge in [-0.3, -0.25) is 0 Å². The van der Waals surface area contributed by atoms with Crippen molar-refractivity contribution in [3.05, 3.63) is 29.3 Å². The molecule has 5 nitrogen and oxygen atoms in total. The van der Waals surface area contributed by atoms with E-state index < -0.39 is 22.8 Å². The number of benzene rings is 1. The van der Waals surface area contributed by atoms with E-state index in [4.69, 9.17) is 9.47 Å². The second-order valence-corrected chi connectivity index (χ2v) is 8.54. The van der Waals surface area contributed by atoms with Crippen molar-refractivity contribution < 1.29 is 28.2 Å². The molecule has 1 N–H and O–H groups in total. The first kappa shape index (κ1) is 19.9. The van der Waals surface area contributed by atoms with Crippen LogP contribution in [0.15, 0.2) is 12.1 Å². The maximum absolute atomic E-state index is 14.0. The van der Waals surface area contributed by atoms with Gasteiger partial charge in [0.2, 0.25) is 5.82 Å². The first-order chi connectivity index (χ1) is 12.5. The first-order valence-electron chi connectivity index (χ1n) is 9.31. The molecule has 2 heterocycles. The molecule has 0 aromatic heterocycles. The van der Waals surface area contributed by atoms with Crippen molar-refractivity contribution in [2.75, 3.05) is 7.11 Å². The quantitative estimate of drug-likeness (QED) is 0.835. The number of methoxy groups -OCH3 is 1. The van der Waals surface area contributed by atoms with Gasteiger partial charge in [0.05, 0.1) is 12.7 Å². The average Bonchev–Trinajstić information content (AvgIpc) is 2.54. The Morgan fingerprint density at radius 2 is 1.81 bits per heavy atom. The second-order valence-electron chi connectivity index (χ2n) is 8.54. The molecule has 2 saturated heterocycles. The number of rotatable bonds is 2. The van der Waals surface area contributed by atoms with Gasteiger partial charge < -0.3 is 19.5 Å². The van der Waals surface area contributed by atoms with Crippen molar-refractivity contribution in [3.8, 4) is 5.75 Å². The molecule has 1 amide bonds. The lowest BCUT2D eigenvalue weighted by Gasteiger charge is -2.51. The van der Waals surface area contributed by atoms with Gasteiger partial charge in [0.1, 0.15) is 5.60 Å². The van der Waals surface area contributed by atoms with Crippen LogP contribution < -0.4 is 4.74 Å². The minimum Gasteiger partial charge on any atom is -0.494 e. The van der Waals surface area contributed by atoms with E-state index in [0.29, 0.717) is 0 Å². The third-order valence-corrected chi connectivity index (χ3v) is 5.36. The number of nitrogens with zero attached hydrogens (tertiary/aromatic N) is 1. The van der Waals surface area contributed by atoms with Crippen LogP contribution in [-0.2, 0) is 10.3 Å². The molecule has 3 rings (SSSR count). The SMILES string of the molecule is COc1cc(C2(O)CC3CCCC(C2)N3C(=O)OC(C)(C)C)cc(F)c1F. The molecule has 1 aromatic carbocycles. The van der Waals surface area contributed by atoms with Gasteiger partial charge in [-0.2, -0.15) is 4.39 Å². The number of halogens is 2. The van der Waals surface area contributed by atoms with Crippen LogP contribution in [0.5, 0.6) is 5.75 Å². The predicted molar refractivity (Wildman–Crippen MR) is 95.5 cm³/mol. The molecule has 0 saturated carbocycles. The summed E-state index contributed by atoms with van der Waals surface area (Å²) in [6, 6.07) is 1.95. The lowest BCUT2D eigenvalue weighted by atomic mass is 9.72. The average molecular weight is 383 g/mol. The van der Waals surface area contributed by atoms with E-state index in [0.717, 1.165) is 25.3 Å². The number of amides is 1.